The fraction of sp³-hybridized carbons (Fsp3) is 0.900. The molecule has 0 aliphatic carbocycles. The van der Waals surface area contributed by atoms with E-state index < -0.39 is 0 Å². The average Bonchev–Trinajstić information content (AvgIpc) is 2.28. The van der Waals surface area contributed by atoms with Crippen molar-refractivity contribution in [3.63, 3.8) is 0 Å². The highest BCUT2D eigenvalue weighted by Crippen LogP contribution is 2.09. The van der Waals surface area contributed by atoms with Gasteiger partial charge in [0, 0.05) is 32.7 Å². The molecule has 2 atom stereocenters. The Morgan fingerprint density at radius 2 is 2.47 bits per heavy atom. The number of carbonyl (C=O) groups is 1. The minimum Gasteiger partial charge on any atom is -0.382 e. The highest BCUT2D eigenvalue weighted by Gasteiger charge is 2.26. The van der Waals surface area contributed by atoms with Crippen LogP contribution in [-0.2, 0) is 14.3 Å². The summed E-state index contributed by atoms with van der Waals surface area (Å²) < 4.78 is 10.5. The Kier molecular flexibility index (Phi) is 5.01. The fourth-order valence-electron chi connectivity index (χ4n) is 1.62. The molecule has 15 heavy (non-hydrogen) atoms. The summed E-state index contributed by atoms with van der Waals surface area (Å²) >= 11 is 0. The van der Waals surface area contributed by atoms with E-state index in [4.69, 9.17) is 15.2 Å². The SMILES string of the molecule is COCC1CN(C(=O)C(C)CN)CCO1. The van der Waals surface area contributed by atoms with Gasteiger partial charge in [0.2, 0.25) is 5.91 Å². The fourth-order valence-corrected chi connectivity index (χ4v) is 1.62. The number of morpholine rings is 1. The average molecular weight is 216 g/mol. The first kappa shape index (κ1) is 12.4. The van der Waals surface area contributed by atoms with E-state index in [0.717, 1.165) is 0 Å². The lowest BCUT2D eigenvalue weighted by Gasteiger charge is -2.34. The lowest BCUT2D eigenvalue weighted by atomic mass is 10.1. The molecule has 0 bridgehead atoms. The van der Waals surface area contributed by atoms with E-state index in [9.17, 15) is 4.79 Å². The zero-order valence-electron chi connectivity index (χ0n) is 9.44. The van der Waals surface area contributed by atoms with E-state index >= 15 is 0 Å². The summed E-state index contributed by atoms with van der Waals surface area (Å²) in [6, 6.07) is 0. The quantitative estimate of drug-likeness (QED) is 0.685. The Labute approximate surface area is 90.5 Å². The third-order valence-electron chi connectivity index (χ3n) is 2.58. The summed E-state index contributed by atoms with van der Waals surface area (Å²) in [7, 11) is 1.63. The number of methoxy groups -OCH3 is 1. The summed E-state index contributed by atoms with van der Waals surface area (Å²) in [4.78, 5) is 13.6. The number of ether oxygens (including phenoxy) is 2. The van der Waals surface area contributed by atoms with Crippen molar-refractivity contribution in [2.24, 2.45) is 11.7 Å². The second kappa shape index (κ2) is 6.05. The molecule has 1 aliphatic rings. The zero-order valence-corrected chi connectivity index (χ0v) is 9.44. The Morgan fingerprint density at radius 3 is 3.07 bits per heavy atom. The van der Waals surface area contributed by atoms with Crippen LogP contribution in [0.15, 0.2) is 0 Å². The largest absolute Gasteiger partial charge is 0.382 e. The molecule has 1 amide bonds. The molecular formula is C10H20N2O3. The van der Waals surface area contributed by atoms with E-state index in [2.05, 4.69) is 0 Å². The molecule has 88 valence electrons. The van der Waals surface area contributed by atoms with Gasteiger partial charge in [-0.25, -0.2) is 0 Å². The molecule has 0 aromatic carbocycles. The maximum atomic E-state index is 11.8. The Morgan fingerprint density at radius 1 is 1.73 bits per heavy atom. The summed E-state index contributed by atoms with van der Waals surface area (Å²) in [6.45, 7) is 4.62. The van der Waals surface area contributed by atoms with Crippen molar-refractivity contribution >= 4 is 5.91 Å². The number of hydrogen-bond donors (Lipinski definition) is 1. The smallest absolute Gasteiger partial charge is 0.226 e. The van der Waals surface area contributed by atoms with Gasteiger partial charge in [-0.05, 0) is 0 Å². The Bertz CT molecular complexity index is 209. The van der Waals surface area contributed by atoms with Crippen molar-refractivity contribution in [1.82, 2.24) is 4.90 Å². The highest BCUT2D eigenvalue weighted by molar-refractivity contribution is 5.78. The van der Waals surface area contributed by atoms with Crippen LogP contribution in [0.25, 0.3) is 0 Å². The number of amides is 1. The second-order valence-corrected chi connectivity index (χ2v) is 3.87. The third-order valence-corrected chi connectivity index (χ3v) is 2.58. The van der Waals surface area contributed by atoms with Crippen LogP contribution in [0, 0.1) is 5.92 Å². The van der Waals surface area contributed by atoms with Gasteiger partial charge >= 0.3 is 0 Å². The van der Waals surface area contributed by atoms with Gasteiger partial charge in [-0.1, -0.05) is 6.92 Å². The first-order valence-corrected chi connectivity index (χ1v) is 5.28. The van der Waals surface area contributed by atoms with Crippen LogP contribution in [0.1, 0.15) is 6.92 Å². The Balaban J connectivity index is 2.44. The molecule has 0 radical (unpaired) electrons. The van der Waals surface area contributed by atoms with Crippen LogP contribution in [0.4, 0.5) is 0 Å². The number of carbonyl (C=O) groups excluding carboxylic acids is 1. The number of rotatable bonds is 4. The summed E-state index contributed by atoms with van der Waals surface area (Å²) in [5.41, 5.74) is 5.47. The van der Waals surface area contributed by atoms with Gasteiger partial charge in [-0.2, -0.15) is 0 Å². The highest BCUT2D eigenvalue weighted by atomic mass is 16.5. The van der Waals surface area contributed by atoms with Gasteiger partial charge in [0.05, 0.1) is 19.3 Å². The van der Waals surface area contributed by atoms with Crippen LogP contribution in [0.3, 0.4) is 0 Å². The van der Waals surface area contributed by atoms with Crippen molar-refractivity contribution in [3.05, 3.63) is 0 Å². The molecular weight excluding hydrogens is 196 g/mol. The van der Waals surface area contributed by atoms with Crippen LogP contribution < -0.4 is 5.73 Å². The molecule has 2 N–H and O–H groups in total. The lowest BCUT2D eigenvalue weighted by molar-refractivity contribution is -0.144. The summed E-state index contributed by atoms with van der Waals surface area (Å²) in [6.07, 6.45) is -0.00215. The molecule has 0 spiro atoms. The molecule has 2 unspecified atom stereocenters. The van der Waals surface area contributed by atoms with Crippen molar-refractivity contribution in [2.75, 3.05) is 40.0 Å². The third kappa shape index (κ3) is 3.44. The monoisotopic (exact) mass is 216 g/mol. The minimum atomic E-state index is -0.105. The van der Waals surface area contributed by atoms with Gasteiger partial charge in [0.15, 0.2) is 0 Å². The number of nitrogens with two attached hydrogens (primary N) is 1. The molecule has 1 saturated heterocycles. The summed E-state index contributed by atoms with van der Waals surface area (Å²) in [5, 5.41) is 0. The maximum absolute atomic E-state index is 11.8. The first-order chi connectivity index (χ1) is 7.19. The molecule has 5 nitrogen and oxygen atoms in total. The van der Waals surface area contributed by atoms with Crippen molar-refractivity contribution in [2.45, 2.75) is 13.0 Å². The van der Waals surface area contributed by atoms with Gasteiger partial charge in [0.1, 0.15) is 0 Å². The number of hydrogen-bond acceptors (Lipinski definition) is 4. The molecule has 1 heterocycles. The van der Waals surface area contributed by atoms with Crippen molar-refractivity contribution in [1.29, 1.82) is 0 Å². The summed E-state index contributed by atoms with van der Waals surface area (Å²) in [5.74, 6) is 0.00759. The van der Waals surface area contributed by atoms with E-state index in [-0.39, 0.29) is 17.9 Å². The standard InChI is InChI=1S/C10H20N2O3/c1-8(5-11)10(13)12-3-4-15-9(6-12)7-14-2/h8-9H,3-7,11H2,1-2H3. The minimum absolute atomic E-state index is 0.00215. The van der Waals surface area contributed by atoms with E-state index in [0.29, 0.717) is 32.8 Å². The molecule has 0 aromatic heterocycles. The van der Waals surface area contributed by atoms with Gasteiger partial charge in [-0.15, -0.1) is 0 Å². The van der Waals surface area contributed by atoms with E-state index in [1.807, 2.05) is 11.8 Å². The molecule has 5 heteroatoms. The van der Waals surface area contributed by atoms with Crippen LogP contribution >= 0.6 is 0 Å². The Hall–Kier alpha value is -0.650. The van der Waals surface area contributed by atoms with Gasteiger partial charge < -0.3 is 20.1 Å². The van der Waals surface area contributed by atoms with Gasteiger partial charge in [-0.3, -0.25) is 4.79 Å². The van der Waals surface area contributed by atoms with Gasteiger partial charge in [0.25, 0.3) is 0 Å². The van der Waals surface area contributed by atoms with Crippen molar-refractivity contribution in [3.8, 4) is 0 Å². The molecule has 0 saturated carbocycles. The second-order valence-electron chi connectivity index (χ2n) is 3.87. The molecule has 1 aliphatic heterocycles. The zero-order chi connectivity index (χ0) is 11.3. The van der Waals surface area contributed by atoms with Crippen LogP contribution in [-0.4, -0.2) is 56.9 Å². The molecule has 1 rings (SSSR count). The first-order valence-electron chi connectivity index (χ1n) is 5.28. The predicted molar refractivity (Wildman–Crippen MR) is 56.4 cm³/mol. The van der Waals surface area contributed by atoms with E-state index in [1.165, 1.54) is 0 Å². The number of nitrogens with zero attached hydrogens (tertiary/aromatic N) is 1. The lowest BCUT2D eigenvalue weighted by Crippen LogP contribution is -2.49. The topological polar surface area (TPSA) is 64.8 Å². The molecule has 0 aromatic rings. The predicted octanol–water partition coefficient (Wildman–Crippen LogP) is -0.545. The van der Waals surface area contributed by atoms with Crippen LogP contribution in [0.5, 0.6) is 0 Å². The van der Waals surface area contributed by atoms with Crippen molar-refractivity contribution < 1.29 is 14.3 Å². The maximum Gasteiger partial charge on any atom is 0.226 e. The molecule has 1 fully saturated rings. The van der Waals surface area contributed by atoms with Crippen LogP contribution in [0.2, 0.25) is 0 Å². The normalized spacial score (nSPS) is 23.9. The van der Waals surface area contributed by atoms with E-state index in [1.54, 1.807) is 7.11 Å².